The second-order valence-corrected chi connectivity index (χ2v) is 5.64. The van der Waals surface area contributed by atoms with Crippen LogP contribution in [0.15, 0.2) is 20.4 Å². The molecule has 2 aromatic rings. The fraction of sp³-hybridized carbons (Fsp3) is 0. The number of phenols is 2. The van der Waals surface area contributed by atoms with Crippen LogP contribution in [0.3, 0.4) is 0 Å². The van der Waals surface area contributed by atoms with E-state index in [0.717, 1.165) is 0 Å². The van der Waals surface area contributed by atoms with Gasteiger partial charge in [0, 0.05) is 10.9 Å². The minimum atomic E-state index is -0.117. The SMILES string of the molecule is O=Cc1nc(-c2cc(Br)c(O)c(Br)c2O)cs1. The summed E-state index contributed by atoms with van der Waals surface area (Å²) in [4.78, 5) is 14.6. The van der Waals surface area contributed by atoms with Gasteiger partial charge in [0.1, 0.15) is 16.0 Å². The zero-order valence-electron chi connectivity index (χ0n) is 8.15. The van der Waals surface area contributed by atoms with Gasteiger partial charge < -0.3 is 10.2 Å². The molecule has 0 aliphatic carbocycles. The van der Waals surface area contributed by atoms with Gasteiger partial charge in [-0.05, 0) is 37.9 Å². The summed E-state index contributed by atoms with van der Waals surface area (Å²) >= 11 is 7.43. The number of rotatable bonds is 2. The molecule has 4 nitrogen and oxygen atoms in total. The molecule has 0 amide bonds. The molecule has 1 heterocycles. The predicted octanol–water partition coefficient (Wildman–Crippen LogP) is 3.56. The standard InChI is InChI=1S/C10H5Br2NO3S/c11-5-1-4(9(15)8(12)10(5)16)6-3-17-7(2-14)13-6/h1-3,15-16H. The molecule has 1 aromatic carbocycles. The number of carbonyl (C=O) groups is 1. The summed E-state index contributed by atoms with van der Waals surface area (Å²) in [6, 6.07) is 1.54. The van der Waals surface area contributed by atoms with Gasteiger partial charge in [0.2, 0.25) is 0 Å². The van der Waals surface area contributed by atoms with Crippen molar-refractivity contribution in [2.75, 3.05) is 0 Å². The van der Waals surface area contributed by atoms with Crippen LogP contribution < -0.4 is 0 Å². The highest BCUT2D eigenvalue weighted by atomic mass is 79.9. The first-order valence-electron chi connectivity index (χ1n) is 4.35. The van der Waals surface area contributed by atoms with E-state index in [9.17, 15) is 15.0 Å². The molecule has 17 heavy (non-hydrogen) atoms. The Hall–Kier alpha value is -0.920. The smallest absolute Gasteiger partial charge is 0.178 e. The lowest BCUT2D eigenvalue weighted by atomic mass is 10.1. The highest BCUT2D eigenvalue weighted by Gasteiger charge is 2.17. The molecule has 7 heteroatoms. The normalized spacial score (nSPS) is 10.5. The molecule has 0 aliphatic rings. The Kier molecular flexibility index (Phi) is 3.50. The van der Waals surface area contributed by atoms with Gasteiger partial charge in [-0.1, -0.05) is 0 Å². The molecule has 1 aromatic heterocycles. The second-order valence-electron chi connectivity index (χ2n) is 3.11. The van der Waals surface area contributed by atoms with E-state index in [2.05, 4.69) is 36.8 Å². The Balaban J connectivity index is 2.63. The van der Waals surface area contributed by atoms with Gasteiger partial charge in [0.05, 0.1) is 10.2 Å². The van der Waals surface area contributed by atoms with Crippen molar-refractivity contribution in [3.05, 3.63) is 25.4 Å². The summed E-state index contributed by atoms with van der Waals surface area (Å²) in [5.74, 6) is -0.203. The number of thiazole rings is 1. The Bertz CT molecular complexity index is 597. The van der Waals surface area contributed by atoms with Gasteiger partial charge in [0.25, 0.3) is 0 Å². The van der Waals surface area contributed by atoms with E-state index in [1.54, 1.807) is 11.4 Å². The molecule has 0 fully saturated rings. The van der Waals surface area contributed by atoms with Crippen molar-refractivity contribution in [2.24, 2.45) is 0 Å². The largest absolute Gasteiger partial charge is 0.506 e. The van der Waals surface area contributed by atoms with E-state index in [1.807, 2.05) is 0 Å². The quantitative estimate of drug-likeness (QED) is 0.784. The zero-order valence-corrected chi connectivity index (χ0v) is 12.1. The third kappa shape index (κ3) is 2.22. The van der Waals surface area contributed by atoms with Crippen molar-refractivity contribution in [1.29, 1.82) is 0 Å². The Morgan fingerprint density at radius 3 is 2.59 bits per heavy atom. The number of nitrogens with zero attached hydrogens (tertiary/aromatic N) is 1. The van der Waals surface area contributed by atoms with Gasteiger partial charge in [-0.3, -0.25) is 4.79 Å². The van der Waals surface area contributed by atoms with Crippen LogP contribution in [0, 0.1) is 0 Å². The molecule has 0 saturated heterocycles. The molecule has 0 bridgehead atoms. The van der Waals surface area contributed by atoms with E-state index in [1.165, 1.54) is 11.3 Å². The summed E-state index contributed by atoms with van der Waals surface area (Å²) in [7, 11) is 0. The number of hydrogen-bond acceptors (Lipinski definition) is 5. The maximum atomic E-state index is 10.6. The van der Waals surface area contributed by atoms with Crippen LogP contribution in [-0.2, 0) is 0 Å². The number of halogens is 2. The third-order valence-electron chi connectivity index (χ3n) is 2.07. The van der Waals surface area contributed by atoms with E-state index in [-0.39, 0.29) is 16.0 Å². The van der Waals surface area contributed by atoms with Gasteiger partial charge in [-0.25, -0.2) is 4.98 Å². The van der Waals surface area contributed by atoms with Crippen molar-refractivity contribution >= 4 is 49.5 Å². The van der Waals surface area contributed by atoms with E-state index in [4.69, 9.17) is 0 Å². The Morgan fingerprint density at radius 2 is 2.00 bits per heavy atom. The molecular formula is C10H5Br2NO3S. The molecule has 0 aliphatic heterocycles. The fourth-order valence-electron chi connectivity index (χ4n) is 1.26. The first-order valence-corrected chi connectivity index (χ1v) is 6.82. The highest BCUT2D eigenvalue weighted by molar-refractivity contribution is 9.11. The van der Waals surface area contributed by atoms with Crippen molar-refractivity contribution < 1.29 is 15.0 Å². The molecule has 2 N–H and O–H groups in total. The second kappa shape index (κ2) is 4.75. The van der Waals surface area contributed by atoms with Gasteiger partial charge in [-0.2, -0.15) is 0 Å². The van der Waals surface area contributed by atoms with Gasteiger partial charge >= 0.3 is 0 Å². The topological polar surface area (TPSA) is 70.4 Å². The summed E-state index contributed by atoms with van der Waals surface area (Å²) in [5, 5.41) is 21.5. The van der Waals surface area contributed by atoms with Gasteiger partial charge in [-0.15, -0.1) is 11.3 Å². The number of hydrogen-bond donors (Lipinski definition) is 2. The summed E-state index contributed by atoms with van der Waals surface area (Å²) < 4.78 is 0.611. The first-order chi connectivity index (χ1) is 8.04. The lowest BCUT2D eigenvalue weighted by molar-refractivity contribution is 0.112. The van der Waals surface area contributed by atoms with Crippen molar-refractivity contribution in [2.45, 2.75) is 0 Å². The number of aromatic nitrogens is 1. The number of aromatic hydroxyl groups is 2. The minimum absolute atomic E-state index is 0.0860. The summed E-state index contributed by atoms with van der Waals surface area (Å²) in [6.45, 7) is 0. The zero-order chi connectivity index (χ0) is 12.6. The lowest BCUT2D eigenvalue weighted by Crippen LogP contribution is -1.84. The minimum Gasteiger partial charge on any atom is -0.506 e. The van der Waals surface area contributed by atoms with E-state index < -0.39 is 0 Å². The van der Waals surface area contributed by atoms with Crippen LogP contribution in [0.4, 0.5) is 0 Å². The van der Waals surface area contributed by atoms with Crippen LogP contribution in [0.25, 0.3) is 11.3 Å². The first kappa shape index (κ1) is 12.5. The van der Waals surface area contributed by atoms with Crippen LogP contribution in [-0.4, -0.2) is 21.5 Å². The highest BCUT2D eigenvalue weighted by Crippen LogP contribution is 2.45. The Labute approximate surface area is 117 Å². The van der Waals surface area contributed by atoms with Gasteiger partial charge in [0.15, 0.2) is 11.3 Å². The molecule has 0 spiro atoms. The maximum absolute atomic E-state index is 10.6. The van der Waals surface area contributed by atoms with Crippen molar-refractivity contribution in [3.63, 3.8) is 0 Å². The fourth-order valence-corrected chi connectivity index (χ4v) is 3.00. The molecule has 0 unspecified atom stereocenters. The van der Waals surface area contributed by atoms with E-state index >= 15 is 0 Å². The summed E-state index contributed by atoms with van der Waals surface area (Å²) in [5.41, 5.74) is 0.918. The van der Waals surface area contributed by atoms with Crippen molar-refractivity contribution in [3.8, 4) is 22.8 Å². The molecular weight excluding hydrogens is 374 g/mol. The lowest BCUT2D eigenvalue weighted by Gasteiger charge is -2.07. The van der Waals surface area contributed by atoms with Crippen LogP contribution in [0.2, 0.25) is 0 Å². The molecule has 0 saturated carbocycles. The predicted molar refractivity (Wildman–Crippen MR) is 71.7 cm³/mol. The van der Waals surface area contributed by atoms with Crippen molar-refractivity contribution in [1.82, 2.24) is 4.98 Å². The monoisotopic (exact) mass is 377 g/mol. The van der Waals surface area contributed by atoms with Crippen LogP contribution in [0.1, 0.15) is 9.80 Å². The number of phenolic OH excluding ortho intramolecular Hbond substituents is 2. The molecule has 0 radical (unpaired) electrons. The van der Waals surface area contributed by atoms with Crippen LogP contribution in [0.5, 0.6) is 11.5 Å². The average molecular weight is 379 g/mol. The average Bonchev–Trinajstić information content (AvgIpc) is 2.79. The Morgan fingerprint density at radius 1 is 1.29 bits per heavy atom. The molecule has 88 valence electrons. The maximum Gasteiger partial charge on any atom is 0.178 e. The van der Waals surface area contributed by atoms with E-state index in [0.29, 0.717) is 27.0 Å². The molecule has 0 atom stereocenters. The van der Waals surface area contributed by atoms with Crippen LogP contribution >= 0.6 is 43.2 Å². The summed E-state index contributed by atoms with van der Waals surface area (Å²) in [6.07, 6.45) is 0.649. The number of benzene rings is 1. The third-order valence-corrected chi connectivity index (χ3v) is 4.19. The number of carbonyl (C=O) groups excluding carboxylic acids is 1. The molecule has 2 rings (SSSR count). The number of aldehydes is 1.